The Kier molecular flexibility index (Phi) is 6.54. The van der Waals surface area contributed by atoms with Crippen LogP contribution in [0.25, 0.3) is 22.6 Å². The number of H-pyrrole nitrogens is 1. The van der Waals surface area contributed by atoms with Gasteiger partial charge in [0.1, 0.15) is 23.2 Å². The molecule has 4 atom stereocenters. The number of primary amides is 1. The number of nitrogens with zero attached hydrogens (tertiary/aromatic N) is 5. The van der Waals surface area contributed by atoms with Gasteiger partial charge in [0, 0.05) is 50.2 Å². The minimum Gasteiger partial charge on any atom is -0.493 e. The molecule has 7 rings (SSSR count). The molecule has 1 aromatic carbocycles. The molecular weight excluding hydrogens is 516 g/mol. The number of carbonyl (C=O) groups excluding carboxylic acids is 1. The van der Waals surface area contributed by atoms with Gasteiger partial charge >= 0.3 is 0 Å². The lowest BCUT2D eigenvalue weighted by Gasteiger charge is -2.34. The molecule has 1 aliphatic heterocycles. The SMILES string of the molecule is CN1CCN(c2ccc(-c3nc4ncc(C#N)c(N[C@H]5[C@@H](C(N)=O)[C@@H]6C=C[C@H]5C6)c4[nH]3)c(OCCC3CC3)c2)CC1. The fourth-order valence-corrected chi connectivity index (χ4v) is 6.72. The molecule has 1 saturated heterocycles. The molecular formula is C31H36N8O2. The maximum atomic E-state index is 12.4. The highest BCUT2D eigenvalue weighted by atomic mass is 16.5. The Morgan fingerprint density at radius 3 is 2.78 bits per heavy atom. The second-order valence-corrected chi connectivity index (χ2v) is 12.0. The van der Waals surface area contributed by atoms with Crippen LogP contribution < -0.4 is 20.7 Å². The van der Waals surface area contributed by atoms with Crippen LogP contribution in [0.4, 0.5) is 11.4 Å². The van der Waals surface area contributed by atoms with E-state index in [0.29, 0.717) is 34.8 Å². The van der Waals surface area contributed by atoms with E-state index in [2.05, 4.69) is 68.6 Å². The number of piperazine rings is 1. The summed E-state index contributed by atoms with van der Waals surface area (Å²) >= 11 is 0. The molecule has 3 fully saturated rings. The summed E-state index contributed by atoms with van der Waals surface area (Å²) in [5.41, 5.74) is 9.97. The first-order valence-electron chi connectivity index (χ1n) is 14.7. The summed E-state index contributed by atoms with van der Waals surface area (Å²) in [4.78, 5) is 29.9. The number of anilines is 2. The second kappa shape index (κ2) is 10.4. The molecule has 1 amide bonds. The molecule has 2 saturated carbocycles. The van der Waals surface area contributed by atoms with Crippen molar-refractivity contribution in [2.75, 3.05) is 50.1 Å². The number of carbonyl (C=O) groups is 1. The first-order chi connectivity index (χ1) is 20.0. The maximum Gasteiger partial charge on any atom is 0.223 e. The lowest BCUT2D eigenvalue weighted by atomic mass is 9.88. The van der Waals surface area contributed by atoms with Crippen LogP contribution in [-0.4, -0.2) is 71.6 Å². The number of fused-ring (bicyclic) bond motifs is 3. The monoisotopic (exact) mass is 552 g/mol. The van der Waals surface area contributed by atoms with Crippen molar-refractivity contribution in [3.8, 4) is 23.2 Å². The van der Waals surface area contributed by atoms with Crippen molar-refractivity contribution >= 4 is 28.4 Å². The summed E-state index contributed by atoms with van der Waals surface area (Å²) < 4.78 is 6.40. The third kappa shape index (κ3) is 4.88. The summed E-state index contributed by atoms with van der Waals surface area (Å²) in [6.45, 7) is 4.67. The van der Waals surface area contributed by atoms with Crippen molar-refractivity contribution in [2.24, 2.45) is 29.4 Å². The maximum absolute atomic E-state index is 12.4. The van der Waals surface area contributed by atoms with Crippen LogP contribution in [0, 0.1) is 35.0 Å². The number of pyridine rings is 1. The number of nitriles is 1. The van der Waals surface area contributed by atoms with Crippen molar-refractivity contribution < 1.29 is 9.53 Å². The molecule has 2 aromatic heterocycles. The van der Waals surface area contributed by atoms with Gasteiger partial charge in [-0.2, -0.15) is 5.26 Å². The zero-order chi connectivity index (χ0) is 28.1. The average Bonchev–Trinajstić information content (AvgIpc) is 3.36. The zero-order valence-corrected chi connectivity index (χ0v) is 23.3. The molecule has 3 aromatic rings. The minimum atomic E-state index is -0.323. The fraction of sp³-hybridized carbons (Fsp3) is 0.484. The molecule has 212 valence electrons. The fourth-order valence-electron chi connectivity index (χ4n) is 6.72. The van der Waals surface area contributed by atoms with Crippen LogP contribution in [0.15, 0.2) is 36.5 Å². The number of benzene rings is 1. The van der Waals surface area contributed by atoms with E-state index in [4.69, 9.17) is 15.5 Å². The Labute approximate surface area is 239 Å². The second-order valence-electron chi connectivity index (χ2n) is 12.0. The number of nitrogens with one attached hydrogen (secondary N) is 2. The molecule has 0 spiro atoms. The van der Waals surface area contributed by atoms with Crippen LogP contribution in [0.1, 0.15) is 31.2 Å². The quantitative estimate of drug-likeness (QED) is 0.343. The van der Waals surface area contributed by atoms with Gasteiger partial charge in [-0.3, -0.25) is 4.79 Å². The van der Waals surface area contributed by atoms with Gasteiger partial charge in [-0.05, 0) is 49.8 Å². The van der Waals surface area contributed by atoms with Gasteiger partial charge < -0.3 is 30.6 Å². The number of hydrogen-bond acceptors (Lipinski definition) is 8. The van der Waals surface area contributed by atoms with Gasteiger partial charge in [0.2, 0.25) is 5.91 Å². The molecule has 10 nitrogen and oxygen atoms in total. The Balaban J connectivity index is 1.24. The Morgan fingerprint density at radius 2 is 2.02 bits per heavy atom. The van der Waals surface area contributed by atoms with Crippen LogP contribution in [0.5, 0.6) is 5.75 Å². The number of aromatic nitrogens is 3. The summed E-state index contributed by atoms with van der Waals surface area (Å²) in [5.74, 6) is 1.88. The Bertz CT molecular complexity index is 1550. The number of imidazole rings is 1. The van der Waals surface area contributed by atoms with Crippen LogP contribution in [0.2, 0.25) is 0 Å². The van der Waals surface area contributed by atoms with E-state index in [-0.39, 0.29) is 29.7 Å². The van der Waals surface area contributed by atoms with Gasteiger partial charge in [0.15, 0.2) is 5.65 Å². The van der Waals surface area contributed by atoms with Crippen molar-refractivity contribution in [2.45, 2.75) is 31.7 Å². The molecule has 3 heterocycles. The van der Waals surface area contributed by atoms with Gasteiger partial charge in [-0.15, -0.1) is 0 Å². The first-order valence-corrected chi connectivity index (χ1v) is 14.7. The third-order valence-corrected chi connectivity index (χ3v) is 9.31. The molecule has 2 bridgehead atoms. The Hall–Kier alpha value is -4.10. The van der Waals surface area contributed by atoms with Crippen molar-refractivity contribution in [3.63, 3.8) is 0 Å². The molecule has 0 unspecified atom stereocenters. The molecule has 4 aliphatic rings. The number of amides is 1. The average molecular weight is 553 g/mol. The number of aromatic amines is 1. The van der Waals surface area contributed by atoms with E-state index in [1.807, 2.05) is 0 Å². The van der Waals surface area contributed by atoms with E-state index in [1.165, 1.54) is 12.8 Å². The van der Waals surface area contributed by atoms with E-state index in [9.17, 15) is 10.1 Å². The van der Waals surface area contributed by atoms with E-state index >= 15 is 0 Å². The normalized spacial score (nSPS) is 25.5. The van der Waals surface area contributed by atoms with Gasteiger partial charge in [-0.25, -0.2) is 9.97 Å². The zero-order valence-electron chi connectivity index (χ0n) is 23.3. The van der Waals surface area contributed by atoms with Crippen molar-refractivity contribution in [3.05, 3.63) is 42.1 Å². The molecule has 10 heteroatoms. The van der Waals surface area contributed by atoms with E-state index < -0.39 is 0 Å². The highest BCUT2D eigenvalue weighted by molar-refractivity contribution is 5.92. The van der Waals surface area contributed by atoms with Crippen molar-refractivity contribution in [1.82, 2.24) is 19.9 Å². The lowest BCUT2D eigenvalue weighted by molar-refractivity contribution is -0.122. The Morgan fingerprint density at radius 1 is 1.22 bits per heavy atom. The molecule has 4 N–H and O–H groups in total. The molecule has 3 aliphatic carbocycles. The summed E-state index contributed by atoms with van der Waals surface area (Å²) in [6.07, 6.45) is 10.3. The lowest BCUT2D eigenvalue weighted by Crippen LogP contribution is -2.44. The minimum absolute atomic E-state index is 0.129. The van der Waals surface area contributed by atoms with Crippen molar-refractivity contribution in [1.29, 1.82) is 5.26 Å². The van der Waals surface area contributed by atoms with Crippen LogP contribution in [-0.2, 0) is 4.79 Å². The van der Waals surface area contributed by atoms with E-state index in [1.54, 1.807) is 6.20 Å². The smallest absolute Gasteiger partial charge is 0.223 e. The molecule has 0 radical (unpaired) electrons. The van der Waals surface area contributed by atoms with E-state index in [0.717, 1.165) is 61.9 Å². The number of rotatable bonds is 9. The predicted octanol–water partition coefficient (Wildman–Crippen LogP) is 3.52. The number of nitrogens with two attached hydrogens (primary N) is 1. The van der Waals surface area contributed by atoms with Gasteiger partial charge in [0.25, 0.3) is 0 Å². The summed E-state index contributed by atoms with van der Waals surface area (Å²) in [6, 6.07) is 8.41. The first kappa shape index (κ1) is 25.8. The standard InChI is InChI=1S/C31H36N8O2/c1-38-9-11-39(12-10-38)22-6-7-23(24(15-22)41-13-8-18-2-3-18)30-36-28-27(21(16-32)17-34-31(28)37-30)35-26-20-5-4-19(14-20)25(26)29(33)40/h4-7,15,17-20,25-26H,2-3,8-14H2,1H3,(H2,33,40)(H2,34,35,36,37)/t19-,20+,25+,26-/m1/s1. The number of allylic oxidation sites excluding steroid dienone is 1. The highest BCUT2D eigenvalue weighted by Crippen LogP contribution is 2.46. The topological polar surface area (TPSA) is 136 Å². The third-order valence-electron chi connectivity index (χ3n) is 9.31. The van der Waals surface area contributed by atoms with Gasteiger partial charge in [-0.1, -0.05) is 25.0 Å². The predicted molar refractivity (Wildman–Crippen MR) is 157 cm³/mol. The summed E-state index contributed by atoms with van der Waals surface area (Å²) in [5, 5.41) is 13.5. The number of hydrogen-bond donors (Lipinski definition) is 3. The number of ether oxygens (including phenoxy) is 1. The largest absolute Gasteiger partial charge is 0.493 e. The molecule has 41 heavy (non-hydrogen) atoms. The highest BCUT2D eigenvalue weighted by Gasteiger charge is 2.47. The van der Waals surface area contributed by atoms with Crippen LogP contribution in [0.3, 0.4) is 0 Å². The van der Waals surface area contributed by atoms with Gasteiger partial charge in [0.05, 0.1) is 29.3 Å². The number of likely N-dealkylation sites (N-methyl/N-ethyl adjacent to an activating group) is 1. The summed E-state index contributed by atoms with van der Waals surface area (Å²) in [7, 11) is 2.16. The van der Waals surface area contributed by atoms with Crippen LogP contribution >= 0.6 is 0 Å².